The summed E-state index contributed by atoms with van der Waals surface area (Å²) in [4.78, 5) is 4.04. The summed E-state index contributed by atoms with van der Waals surface area (Å²) in [5.41, 5.74) is 7.37. The Morgan fingerprint density at radius 1 is 1.20 bits per heavy atom. The maximum absolute atomic E-state index is 12.3. The number of sulfonamides is 1. The molecule has 20 heavy (non-hydrogen) atoms. The number of hydrogen-bond acceptors (Lipinski definition) is 7. The first-order valence-corrected chi connectivity index (χ1v) is 7.28. The van der Waals surface area contributed by atoms with Gasteiger partial charge in [-0.2, -0.15) is 10.2 Å². The number of nitrogens with two attached hydrogens (primary N) is 1. The van der Waals surface area contributed by atoms with Crippen LogP contribution >= 0.6 is 0 Å². The van der Waals surface area contributed by atoms with Gasteiger partial charge in [0.2, 0.25) is 0 Å². The highest BCUT2D eigenvalue weighted by atomic mass is 32.2. The zero-order valence-electron chi connectivity index (χ0n) is 11.3. The molecule has 2 aromatic heterocycles. The number of aryl methyl sites for hydroxylation is 3. The molecule has 0 spiro atoms. The van der Waals surface area contributed by atoms with Crippen molar-refractivity contribution < 1.29 is 8.42 Å². The molecule has 0 aliphatic carbocycles. The normalized spacial score (nSPS) is 11.6. The molecule has 2 aromatic rings. The maximum Gasteiger partial charge on any atom is 0.267 e. The zero-order chi connectivity index (χ0) is 14.9. The Balaban J connectivity index is 2.40. The van der Waals surface area contributed by atoms with Crippen molar-refractivity contribution in [3.8, 4) is 0 Å². The summed E-state index contributed by atoms with van der Waals surface area (Å²) in [5.74, 6) is -0.0864. The Morgan fingerprint density at radius 2 is 1.90 bits per heavy atom. The van der Waals surface area contributed by atoms with E-state index >= 15 is 0 Å². The van der Waals surface area contributed by atoms with Crippen molar-refractivity contribution in [3.05, 3.63) is 22.8 Å². The summed E-state index contributed by atoms with van der Waals surface area (Å²) in [6.45, 7) is 5.06. The molecule has 0 saturated heterocycles. The number of nitrogens with one attached hydrogen (secondary N) is 2. The van der Waals surface area contributed by atoms with E-state index in [0.717, 1.165) is 0 Å². The molecule has 0 amide bonds. The predicted molar refractivity (Wildman–Crippen MR) is 71.3 cm³/mol. The summed E-state index contributed by atoms with van der Waals surface area (Å²) in [6.07, 6.45) is 0. The van der Waals surface area contributed by atoms with Gasteiger partial charge in [0, 0.05) is 6.54 Å². The molecule has 2 rings (SSSR count). The minimum Gasteiger partial charge on any atom is -0.325 e. The van der Waals surface area contributed by atoms with Crippen LogP contribution in [0, 0.1) is 20.8 Å². The fourth-order valence-electron chi connectivity index (χ4n) is 1.64. The van der Waals surface area contributed by atoms with Gasteiger partial charge in [0.1, 0.15) is 4.90 Å². The fraction of sp³-hybridized carbons (Fsp3) is 0.400. The number of nitrogens with zero attached hydrogens (tertiary/aromatic N) is 4. The summed E-state index contributed by atoms with van der Waals surface area (Å²) in [7, 11) is -3.86. The number of aromatic amines is 1. The monoisotopic (exact) mass is 297 g/mol. The van der Waals surface area contributed by atoms with Gasteiger partial charge in [0.25, 0.3) is 16.0 Å². The average Bonchev–Trinajstić information content (AvgIpc) is 2.75. The second kappa shape index (κ2) is 5.13. The van der Waals surface area contributed by atoms with Crippen LogP contribution in [0.4, 0.5) is 5.95 Å². The molecule has 0 aliphatic heterocycles. The molecule has 0 radical (unpaired) electrons. The van der Waals surface area contributed by atoms with Crippen LogP contribution in [0.25, 0.3) is 0 Å². The van der Waals surface area contributed by atoms with Crippen molar-refractivity contribution in [1.82, 2.24) is 25.4 Å². The topological polar surface area (TPSA) is 140 Å². The van der Waals surface area contributed by atoms with Gasteiger partial charge in [0.15, 0.2) is 0 Å². The smallest absolute Gasteiger partial charge is 0.267 e. The van der Waals surface area contributed by atoms with Gasteiger partial charge >= 0.3 is 0 Å². The van der Waals surface area contributed by atoms with Crippen LogP contribution in [-0.2, 0) is 16.6 Å². The van der Waals surface area contributed by atoms with E-state index in [1.807, 2.05) is 0 Å². The third-order valence-corrected chi connectivity index (χ3v) is 4.27. The van der Waals surface area contributed by atoms with Gasteiger partial charge < -0.3 is 5.73 Å². The molecule has 9 nitrogen and oxygen atoms in total. The molecule has 0 aliphatic rings. The van der Waals surface area contributed by atoms with Crippen LogP contribution in [0.1, 0.15) is 22.8 Å². The summed E-state index contributed by atoms with van der Waals surface area (Å²) < 4.78 is 26.9. The van der Waals surface area contributed by atoms with E-state index in [1.165, 1.54) is 0 Å². The van der Waals surface area contributed by atoms with E-state index in [-0.39, 0.29) is 23.1 Å². The van der Waals surface area contributed by atoms with Crippen molar-refractivity contribution in [2.45, 2.75) is 32.2 Å². The van der Waals surface area contributed by atoms with Crippen LogP contribution in [-0.4, -0.2) is 33.8 Å². The fourth-order valence-corrected chi connectivity index (χ4v) is 2.95. The van der Waals surface area contributed by atoms with Gasteiger partial charge in [-0.15, -0.1) is 5.10 Å². The van der Waals surface area contributed by atoms with Gasteiger partial charge in [-0.05, 0) is 20.8 Å². The Bertz CT molecular complexity index is 738. The highest BCUT2D eigenvalue weighted by Crippen LogP contribution is 2.19. The maximum atomic E-state index is 12.3. The summed E-state index contributed by atoms with van der Waals surface area (Å²) >= 11 is 0. The Hall–Kier alpha value is -2.07. The molecule has 0 aromatic carbocycles. The largest absolute Gasteiger partial charge is 0.325 e. The van der Waals surface area contributed by atoms with Gasteiger partial charge in [-0.3, -0.25) is 5.10 Å². The molecular formula is C10H15N7O2S. The number of hydrogen-bond donors (Lipinski definition) is 3. The van der Waals surface area contributed by atoms with Crippen LogP contribution in [0.5, 0.6) is 0 Å². The van der Waals surface area contributed by atoms with Crippen LogP contribution in [0.3, 0.4) is 0 Å². The molecule has 0 atom stereocenters. The number of anilines is 1. The SMILES string of the molecule is Cc1nnc(NS(=O)(=O)c2c(CN)n[nH]c2C)nc1C. The minimum atomic E-state index is -3.86. The molecule has 4 N–H and O–H groups in total. The second-order valence-electron chi connectivity index (χ2n) is 4.24. The lowest BCUT2D eigenvalue weighted by atomic mass is 10.4. The average molecular weight is 297 g/mol. The van der Waals surface area contributed by atoms with E-state index in [0.29, 0.717) is 17.1 Å². The first-order chi connectivity index (χ1) is 9.35. The van der Waals surface area contributed by atoms with Crippen molar-refractivity contribution in [3.63, 3.8) is 0 Å². The quantitative estimate of drug-likeness (QED) is 0.708. The molecule has 108 valence electrons. The van der Waals surface area contributed by atoms with Crippen molar-refractivity contribution in [2.24, 2.45) is 5.73 Å². The third-order valence-electron chi connectivity index (χ3n) is 2.74. The Kier molecular flexibility index (Phi) is 3.68. The van der Waals surface area contributed by atoms with Gasteiger partial charge in [-0.25, -0.2) is 18.1 Å². The summed E-state index contributed by atoms with van der Waals surface area (Å²) in [5, 5.41) is 14.0. The van der Waals surface area contributed by atoms with Gasteiger partial charge in [-0.1, -0.05) is 0 Å². The summed E-state index contributed by atoms with van der Waals surface area (Å²) in [6, 6.07) is 0. The number of aromatic nitrogens is 5. The van der Waals surface area contributed by atoms with Gasteiger partial charge in [0.05, 0.1) is 22.8 Å². The van der Waals surface area contributed by atoms with E-state index in [2.05, 4.69) is 30.1 Å². The molecule has 2 heterocycles. The molecule has 0 fully saturated rings. The lowest BCUT2D eigenvalue weighted by Gasteiger charge is -2.07. The molecule has 10 heteroatoms. The number of H-pyrrole nitrogens is 1. The second-order valence-corrected chi connectivity index (χ2v) is 5.86. The standard InChI is InChI=1S/C10H15N7O2S/c1-5-6(2)13-16-10(12-5)17-20(18,19)9-7(3)14-15-8(9)4-11/h4,11H2,1-3H3,(H,14,15)(H,12,16,17). The lowest BCUT2D eigenvalue weighted by Crippen LogP contribution is -2.19. The van der Waals surface area contributed by atoms with E-state index < -0.39 is 10.0 Å². The van der Waals surface area contributed by atoms with E-state index in [1.54, 1.807) is 20.8 Å². The first kappa shape index (κ1) is 14.3. The molecule has 0 saturated carbocycles. The van der Waals surface area contributed by atoms with E-state index in [9.17, 15) is 8.42 Å². The van der Waals surface area contributed by atoms with Crippen molar-refractivity contribution >= 4 is 16.0 Å². The third kappa shape index (κ3) is 2.60. The van der Waals surface area contributed by atoms with E-state index in [4.69, 9.17) is 5.73 Å². The highest BCUT2D eigenvalue weighted by molar-refractivity contribution is 7.92. The minimum absolute atomic E-state index is 0.00656. The predicted octanol–water partition coefficient (Wildman–Crippen LogP) is -0.221. The Labute approximate surface area is 116 Å². The van der Waals surface area contributed by atoms with Crippen LogP contribution in [0.15, 0.2) is 4.90 Å². The molecular weight excluding hydrogens is 282 g/mol. The molecule has 0 unspecified atom stereocenters. The van der Waals surface area contributed by atoms with Crippen LogP contribution in [0.2, 0.25) is 0 Å². The Morgan fingerprint density at radius 3 is 2.50 bits per heavy atom. The van der Waals surface area contributed by atoms with Crippen molar-refractivity contribution in [2.75, 3.05) is 4.72 Å². The van der Waals surface area contributed by atoms with Crippen LogP contribution < -0.4 is 10.5 Å². The first-order valence-electron chi connectivity index (χ1n) is 5.80. The van der Waals surface area contributed by atoms with Crippen molar-refractivity contribution in [1.29, 1.82) is 0 Å². The highest BCUT2D eigenvalue weighted by Gasteiger charge is 2.24. The molecule has 0 bridgehead atoms. The number of rotatable bonds is 4. The zero-order valence-corrected chi connectivity index (χ0v) is 12.1. The lowest BCUT2D eigenvalue weighted by molar-refractivity contribution is 0.598.